The lowest BCUT2D eigenvalue weighted by atomic mass is 10.1. The third-order valence-corrected chi connectivity index (χ3v) is 6.21. The van der Waals surface area contributed by atoms with Crippen molar-refractivity contribution in [3.8, 4) is 0 Å². The molecular formula is C20H27ClN2O2S2. The molecule has 0 saturated carbocycles. The van der Waals surface area contributed by atoms with E-state index in [0.717, 1.165) is 28.7 Å². The fourth-order valence-electron chi connectivity index (χ4n) is 2.83. The van der Waals surface area contributed by atoms with Crippen molar-refractivity contribution < 1.29 is 9.53 Å². The third-order valence-electron chi connectivity index (χ3n) is 4.32. The summed E-state index contributed by atoms with van der Waals surface area (Å²) in [5.41, 5.74) is 0.869. The summed E-state index contributed by atoms with van der Waals surface area (Å²) in [6.45, 7) is 3.11. The number of rotatable bonds is 10. The standard InChI is InChI=1S/C20H27ClN2O2S2/c1-3-4-5-6-7-8-9-12-22-20(26)23-14-10-11-15-16(13-14)27-18(17(15)21)19(24)25-2/h10-11,13H,3-9,12H2,1-2H3,(H2,22,23,26). The fraction of sp³-hybridized carbons (Fsp3) is 0.500. The minimum atomic E-state index is -0.414. The fourth-order valence-corrected chi connectivity index (χ4v) is 4.51. The van der Waals surface area contributed by atoms with Crippen molar-refractivity contribution in [2.75, 3.05) is 19.0 Å². The van der Waals surface area contributed by atoms with Crippen LogP contribution in [0.25, 0.3) is 10.1 Å². The lowest BCUT2D eigenvalue weighted by Crippen LogP contribution is -2.29. The van der Waals surface area contributed by atoms with Gasteiger partial charge >= 0.3 is 5.97 Å². The van der Waals surface area contributed by atoms with Crippen molar-refractivity contribution in [2.45, 2.75) is 51.9 Å². The number of thiocarbonyl (C=S) groups is 1. The summed E-state index contributed by atoms with van der Waals surface area (Å²) in [4.78, 5) is 12.2. The van der Waals surface area contributed by atoms with Crippen molar-refractivity contribution in [3.63, 3.8) is 0 Å². The Hall–Kier alpha value is -1.37. The maximum Gasteiger partial charge on any atom is 0.349 e. The number of ether oxygens (including phenoxy) is 1. The number of anilines is 1. The molecule has 0 bridgehead atoms. The van der Waals surface area contributed by atoms with Crippen LogP contribution in [0.4, 0.5) is 5.69 Å². The van der Waals surface area contributed by atoms with Gasteiger partial charge in [-0.2, -0.15) is 0 Å². The van der Waals surface area contributed by atoms with Crippen LogP contribution in [0.5, 0.6) is 0 Å². The molecule has 0 spiro atoms. The quantitative estimate of drug-likeness (QED) is 0.262. The molecule has 0 fully saturated rings. The minimum Gasteiger partial charge on any atom is -0.465 e. The summed E-state index contributed by atoms with van der Waals surface area (Å²) < 4.78 is 5.69. The highest BCUT2D eigenvalue weighted by atomic mass is 35.5. The van der Waals surface area contributed by atoms with Gasteiger partial charge in [0.2, 0.25) is 0 Å². The predicted octanol–water partition coefficient (Wildman–Crippen LogP) is 6.38. The zero-order valence-electron chi connectivity index (χ0n) is 15.9. The summed E-state index contributed by atoms with van der Waals surface area (Å²) in [6, 6.07) is 5.74. The summed E-state index contributed by atoms with van der Waals surface area (Å²) in [5, 5.41) is 8.33. The van der Waals surface area contributed by atoms with Crippen molar-refractivity contribution in [1.29, 1.82) is 0 Å². The zero-order chi connectivity index (χ0) is 19.6. The van der Waals surface area contributed by atoms with Crippen LogP contribution in [0.1, 0.15) is 61.5 Å². The number of benzene rings is 1. The van der Waals surface area contributed by atoms with Gasteiger partial charge in [-0.1, -0.05) is 57.0 Å². The normalized spacial score (nSPS) is 10.8. The molecule has 1 heterocycles. The Morgan fingerprint density at radius 2 is 1.89 bits per heavy atom. The lowest BCUT2D eigenvalue weighted by molar-refractivity contribution is 0.0606. The van der Waals surface area contributed by atoms with Crippen LogP contribution < -0.4 is 10.6 Å². The monoisotopic (exact) mass is 426 g/mol. The van der Waals surface area contributed by atoms with E-state index in [-0.39, 0.29) is 0 Å². The molecule has 7 heteroatoms. The maximum absolute atomic E-state index is 11.8. The molecule has 0 aliphatic heterocycles. The molecule has 27 heavy (non-hydrogen) atoms. The minimum absolute atomic E-state index is 0.414. The number of methoxy groups -OCH3 is 1. The molecule has 4 nitrogen and oxygen atoms in total. The Morgan fingerprint density at radius 1 is 1.19 bits per heavy atom. The number of halogens is 1. The summed E-state index contributed by atoms with van der Waals surface area (Å²) in [7, 11) is 1.35. The van der Waals surface area contributed by atoms with Gasteiger partial charge in [-0.3, -0.25) is 0 Å². The Labute approximate surface area is 175 Å². The predicted molar refractivity (Wildman–Crippen MR) is 120 cm³/mol. The van der Waals surface area contributed by atoms with E-state index in [1.54, 1.807) is 0 Å². The van der Waals surface area contributed by atoms with Crippen LogP contribution in [0, 0.1) is 0 Å². The molecule has 0 amide bonds. The number of hydrogen-bond donors (Lipinski definition) is 2. The van der Waals surface area contributed by atoms with Crippen molar-refractivity contribution in [3.05, 3.63) is 28.1 Å². The second-order valence-corrected chi connectivity index (χ2v) is 8.29. The number of fused-ring (bicyclic) bond motifs is 1. The first-order valence-corrected chi connectivity index (χ1v) is 11.0. The number of carbonyl (C=O) groups excluding carboxylic acids is 1. The van der Waals surface area contributed by atoms with Crippen LogP contribution in [-0.4, -0.2) is 24.7 Å². The molecule has 148 valence electrons. The van der Waals surface area contributed by atoms with Crippen LogP contribution in [0.15, 0.2) is 18.2 Å². The molecule has 1 aromatic heterocycles. The third kappa shape index (κ3) is 6.63. The van der Waals surface area contributed by atoms with Crippen molar-refractivity contribution in [2.24, 2.45) is 0 Å². The molecule has 0 unspecified atom stereocenters. The SMILES string of the molecule is CCCCCCCCCNC(=S)Nc1ccc2c(Cl)c(C(=O)OC)sc2c1. The van der Waals surface area contributed by atoms with Crippen molar-refractivity contribution >= 4 is 62.0 Å². The van der Waals surface area contributed by atoms with E-state index in [1.165, 1.54) is 57.0 Å². The average Bonchev–Trinajstić information content (AvgIpc) is 2.99. The first kappa shape index (κ1) is 21.9. The number of carbonyl (C=O) groups is 1. The smallest absolute Gasteiger partial charge is 0.349 e. The number of thiophene rings is 1. The van der Waals surface area contributed by atoms with Crippen LogP contribution in [0.2, 0.25) is 5.02 Å². The van der Waals surface area contributed by atoms with E-state index in [4.69, 9.17) is 28.6 Å². The number of unbranched alkanes of at least 4 members (excludes halogenated alkanes) is 6. The molecule has 0 aliphatic carbocycles. The first-order chi connectivity index (χ1) is 13.1. The summed E-state index contributed by atoms with van der Waals surface area (Å²) in [5.74, 6) is -0.414. The molecule has 0 saturated heterocycles. The Kier molecular flexibility index (Phi) is 9.31. The van der Waals surface area contributed by atoms with Gasteiger partial charge in [0.05, 0.1) is 12.1 Å². The summed E-state index contributed by atoms with van der Waals surface area (Å²) in [6.07, 6.45) is 8.94. The molecule has 0 radical (unpaired) electrons. The molecule has 2 aromatic rings. The molecule has 1 aromatic carbocycles. The van der Waals surface area contributed by atoms with Crippen LogP contribution >= 0.6 is 35.2 Å². The molecule has 2 N–H and O–H groups in total. The van der Waals surface area contributed by atoms with Gasteiger partial charge in [-0.15, -0.1) is 11.3 Å². The van der Waals surface area contributed by atoms with Crippen LogP contribution in [-0.2, 0) is 4.74 Å². The second-order valence-electron chi connectivity index (χ2n) is 6.45. The van der Waals surface area contributed by atoms with Gasteiger partial charge < -0.3 is 15.4 Å². The topological polar surface area (TPSA) is 50.4 Å². The van der Waals surface area contributed by atoms with E-state index in [0.29, 0.717) is 15.0 Å². The lowest BCUT2D eigenvalue weighted by Gasteiger charge is -2.10. The number of hydrogen-bond acceptors (Lipinski definition) is 4. The highest BCUT2D eigenvalue weighted by molar-refractivity contribution is 7.80. The summed E-state index contributed by atoms with van der Waals surface area (Å²) >= 11 is 13.0. The second kappa shape index (κ2) is 11.5. The average molecular weight is 427 g/mol. The number of esters is 1. The van der Waals surface area contributed by atoms with E-state index in [2.05, 4.69) is 17.6 Å². The molecule has 2 rings (SSSR count). The highest BCUT2D eigenvalue weighted by Gasteiger charge is 2.17. The largest absolute Gasteiger partial charge is 0.465 e. The van der Waals surface area contributed by atoms with Crippen LogP contribution in [0.3, 0.4) is 0 Å². The van der Waals surface area contributed by atoms with Crippen molar-refractivity contribution in [1.82, 2.24) is 5.32 Å². The Morgan fingerprint density at radius 3 is 2.59 bits per heavy atom. The van der Waals surface area contributed by atoms with E-state index < -0.39 is 5.97 Å². The highest BCUT2D eigenvalue weighted by Crippen LogP contribution is 2.37. The zero-order valence-corrected chi connectivity index (χ0v) is 18.3. The van der Waals surface area contributed by atoms with E-state index >= 15 is 0 Å². The first-order valence-electron chi connectivity index (χ1n) is 9.42. The Balaban J connectivity index is 1.80. The van der Waals surface area contributed by atoms with Gasteiger partial charge in [0.1, 0.15) is 4.88 Å². The van der Waals surface area contributed by atoms with Gasteiger partial charge in [-0.05, 0) is 36.8 Å². The molecule has 0 aliphatic rings. The van der Waals surface area contributed by atoms with Gasteiger partial charge in [0.15, 0.2) is 5.11 Å². The van der Waals surface area contributed by atoms with E-state index in [9.17, 15) is 4.79 Å². The van der Waals surface area contributed by atoms with Gasteiger partial charge in [0, 0.05) is 22.3 Å². The maximum atomic E-state index is 11.8. The molecular weight excluding hydrogens is 400 g/mol. The van der Waals surface area contributed by atoms with Gasteiger partial charge in [-0.25, -0.2) is 4.79 Å². The van der Waals surface area contributed by atoms with Gasteiger partial charge in [0.25, 0.3) is 0 Å². The number of nitrogens with one attached hydrogen (secondary N) is 2. The Bertz CT molecular complexity index is 777. The van der Waals surface area contributed by atoms with E-state index in [1.807, 2.05) is 18.2 Å². The molecule has 0 atom stereocenters.